The smallest absolute Gasteiger partial charge is 0.248 e. The van der Waals surface area contributed by atoms with Gasteiger partial charge in [-0.25, -0.2) is 9.67 Å². The Morgan fingerprint density at radius 3 is 2.62 bits per heavy atom. The van der Waals surface area contributed by atoms with E-state index in [0.717, 1.165) is 25.9 Å². The van der Waals surface area contributed by atoms with Gasteiger partial charge < -0.3 is 10.2 Å². The van der Waals surface area contributed by atoms with E-state index in [0.29, 0.717) is 0 Å². The quantitative estimate of drug-likeness (QED) is 0.787. The monoisotopic (exact) mass is 294 g/mol. The van der Waals surface area contributed by atoms with Crippen LogP contribution < -0.4 is 10.6 Å². The number of amides is 2. The van der Waals surface area contributed by atoms with Crippen LogP contribution in [0.25, 0.3) is 0 Å². The average molecular weight is 294 g/mol. The number of nitrogens with zero attached hydrogens (tertiary/aromatic N) is 4. The minimum absolute atomic E-state index is 0.0508. The molecule has 2 rings (SSSR count). The van der Waals surface area contributed by atoms with Crippen molar-refractivity contribution in [1.29, 1.82) is 0 Å². The maximum absolute atomic E-state index is 12.2. The maximum Gasteiger partial charge on any atom is 0.248 e. The normalized spacial score (nSPS) is 15.6. The van der Waals surface area contributed by atoms with Gasteiger partial charge in [0.15, 0.2) is 0 Å². The SMILES string of the molecule is CNCC(=O)Nc1ncn(CC(=O)N2CCCCCC2)n1. The molecule has 1 fully saturated rings. The molecule has 1 aliphatic rings. The third-order valence-corrected chi connectivity index (χ3v) is 3.38. The molecule has 0 aromatic carbocycles. The van der Waals surface area contributed by atoms with Crippen LogP contribution in [0.3, 0.4) is 0 Å². The fourth-order valence-corrected chi connectivity index (χ4v) is 2.32. The molecule has 2 amide bonds. The molecule has 2 N–H and O–H groups in total. The number of likely N-dealkylation sites (tertiary alicyclic amines) is 1. The summed E-state index contributed by atoms with van der Waals surface area (Å²) in [6.07, 6.45) is 5.97. The topological polar surface area (TPSA) is 92.2 Å². The number of nitrogens with one attached hydrogen (secondary N) is 2. The van der Waals surface area contributed by atoms with Gasteiger partial charge >= 0.3 is 0 Å². The van der Waals surface area contributed by atoms with E-state index in [1.54, 1.807) is 7.05 Å². The van der Waals surface area contributed by atoms with E-state index in [-0.39, 0.29) is 30.9 Å². The third kappa shape index (κ3) is 4.82. The number of likely N-dealkylation sites (N-methyl/N-ethyl adjacent to an activating group) is 1. The van der Waals surface area contributed by atoms with Crippen molar-refractivity contribution in [3.63, 3.8) is 0 Å². The van der Waals surface area contributed by atoms with E-state index in [1.807, 2.05) is 4.90 Å². The lowest BCUT2D eigenvalue weighted by atomic mass is 10.2. The molecule has 0 aliphatic carbocycles. The van der Waals surface area contributed by atoms with Gasteiger partial charge in [-0.05, 0) is 19.9 Å². The van der Waals surface area contributed by atoms with Gasteiger partial charge in [-0.3, -0.25) is 14.9 Å². The van der Waals surface area contributed by atoms with Crippen molar-refractivity contribution in [2.24, 2.45) is 0 Å². The second-order valence-electron chi connectivity index (χ2n) is 5.14. The predicted octanol–water partition coefficient (Wildman–Crippen LogP) is -0.161. The summed E-state index contributed by atoms with van der Waals surface area (Å²) in [5, 5.41) is 9.39. The van der Waals surface area contributed by atoms with E-state index in [4.69, 9.17) is 0 Å². The Hall–Kier alpha value is -1.96. The Bertz CT molecular complexity index is 479. The van der Waals surface area contributed by atoms with E-state index in [9.17, 15) is 9.59 Å². The summed E-state index contributed by atoms with van der Waals surface area (Å²) >= 11 is 0. The van der Waals surface area contributed by atoms with Crippen molar-refractivity contribution in [2.75, 3.05) is 32.0 Å². The third-order valence-electron chi connectivity index (χ3n) is 3.38. The zero-order chi connectivity index (χ0) is 15.1. The molecule has 0 radical (unpaired) electrons. The van der Waals surface area contributed by atoms with Crippen molar-refractivity contribution < 1.29 is 9.59 Å². The van der Waals surface area contributed by atoms with Gasteiger partial charge in [0.2, 0.25) is 17.8 Å². The van der Waals surface area contributed by atoms with Crippen molar-refractivity contribution in [3.8, 4) is 0 Å². The van der Waals surface area contributed by atoms with Crippen molar-refractivity contribution >= 4 is 17.8 Å². The highest BCUT2D eigenvalue weighted by atomic mass is 16.2. The Morgan fingerprint density at radius 1 is 1.24 bits per heavy atom. The molecule has 8 heteroatoms. The molecule has 1 saturated heterocycles. The number of anilines is 1. The highest BCUT2D eigenvalue weighted by molar-refractivity contribution is 5.90. The zero-order valence-corrected chi connectivity index (χ0v) is 12.3. The second-order valence-corrected chi connectivity index (χ2v) is 5.14. The Morgan fingerprint density at radius 2 is 1.95 bits per heavy atom. The number of hydrogen-bond donors (Lipinski definition) is 2. The first-order chi connectivity index (χ1) is 10.2. The molecular formula is C13H22N6O2. The molecule has 1 aliphatic heterocycles. The number of aromatic nitrogens is 3. The molecule has 0 saturated carbocycles. The highest BCUT2D eigenvalue weighted by Crippen LogP contribution is 2.10. The molecule has 2 heterocycles. The summed E-state index contributed by atoms with van der Waals surface area (Å²) in [6, 6.07) is 0. The molecule has 21 heavy (non-hydrogen) atoms. The zero-order valence-electron chi connectivity index (χ0n) is 12.3. The minimum Gasteiger partial charge on any atom is -0.341 e. The van der Waals surface area contributed by atoms with Gasteiger partial charge in [-0.15, -0.1) is 5.10 Å². The molecule has 1 aromatic rings. The van der Waals surface area contributed by atoms with Crippen molar-refractivity contribution in [1.82, 2.24) is 25.0 Å². The summed E-state index contributed by atoms with van der Waals surface area (Å²) in [5.74, 6) is 0.0583. The fraction of sp³-hybridized carbons (Fsp3) is 0.692. The molecule has 8 nitrogen and oxygen atoms in total. The van der Waals surface area contributed by atoms with Crippen molar-refractivity contribution in [3.05, 3.63) is 6.33 Å². The summed E-state index contributed by atoms with van der Waals surface area (Å²) in [7, 11) is 1.69. The molecule has 0 spiro atoms. The highest BCUT2D eigenvalue weighted by Gasteiger charge is 2.16. The summed E-state index contributed by atoms with van der Waals surface area (Å²) in [6.45, 7) is 1.99. The lowest BCUT2D eigenvalue weighted by Crippen LogP contribution is -2.34. The average Bonchev–Trinajstić information content (AvgIpc) is 2.73. The van der Waals surface area contributed by atoms with Crippen LogP contribution in [0.4, 0.5) is 5.95 Å². The van der Waals surface area contributed by atoms with E-state index >= 15 is 0 Å². The standard InChI is InChI=1S/C13H22N6O2/c1-14-8-11(20)16-13-15-10-19(17-13)9-12(21)18-6-4-2-3-5-7-18/h10,14H,2-9H2,1H3,(H,16,17,20). The minimum atomic E-state index is -0.214. The van der Waals surface area contributed by atoms with Crippen LogP contribution in [0.15, 0.2) is 6.33 Å². The first-order valence-electron chi connectivity index (χ1n) is 7.30. The Labute approximate surface area is 123 Å². The van der Waals surface area contributed by atoms with Gasteiger partial charge in [0, 0.05) is 13.1 Å². The van der Waals surface area contributed by atoms with Crippen LogP contribution in [-0.2, 0) is 16.1 Å². The lowest BCUT2D eigenvalue weighted by Gasteiger charge is -2.19. The number of carbonyl (C=O) groups is 2. The number of rotatable bonds is 5. The van der Waals surface area contributed by atoms with Crippen LogP contribution in [-0.4, -0.2) is 58.2 Å². The second kappa shape index (κ2) is 7.72. The molecule has 1 aromatic heterocycles. The lowest BCUT2D eigenvalue weighted by molar-refractivity contribution is -0.132. The van der Waals surface area contributed by atoms with Crippen LogP contribution >= 0.6 is 0 Å². The number of carbonyl (C=O) groups excluding carboxylic acids is 2. The Kier molecular flexibility index (Phi) is 5.68. The van der Waals surface area contributed by atoms with Crippen LogP contribution in [0, 0.1) is 0 Å². The molecule has 0 unspecified atom stereocenters. The Balaban J connectivity index is 1.86. The van der Waals surface area contributed by atoms with Gasteiger partial charge in [-0.1, -0.05) is 12.8 Å². The van der Waals surface area contributed by atoms with Gasteiger partial charge in [0.05, 0.1) is 6.54 Å². The van der Waals surface area contributed by atoms with E-state index in [1.165, 1.54) is 23.9 Å². The molecule has 0 bridgehead atoms. The largest absolute Gasteiger partial charge is 0.341 e. The summed E-state index contributed by atoms with van der Waals surface area (Å²) in [4.78, 5) is 29.4. The summed E-state index contributed by atoms with van der Waals surface area (Å²) < 4.78 is 1.46. The van der Waals surface area contributed by atoms with Crippen LogP contribution in [0.2, 0.25) is 0 Å². The van der Waals surface area contributed by atoms with Gasteiger partial charge in [-0.2, -0.15) is 0 Å². The van der Waals surface area contributed by atoms with Crippen molar-refractivity contribution in [2.45, 2.75) is 32.2 Å². The maximum atomic E-state index is 12.2. The summed E-state index contributed by atoms with van der Waals surface area (Å²) in [5.41, 5.74) is 0. The molecule has 0 atom stereocenters. The number of hydrogen-bond acceptors (Lipinski definition) is 5. The van der Waals surface area contributed by atoms with Gasteiger partial charge in [0.25, 0.3) is 0 Å². The van der Waals surface area contributed by atoms with Gasteiger partial charge in [0.1, 0.15) is 12.9 Å². The molecular weight excluding hydrogens is 272 g/mol. The van der Waals surface area contributed by atoms with E-state index in [2.05, 4.69) is 20.7 Å². The fourth-order valence-electron chi connectivity index (χ4n) is 2.32. The van der Waals surface area contributed by atoms with E-state index < -0.39 is 0 Å². The first-order valence-corrected chi connectivity index (χ1v) is 7.30. The molecule has 116 valence electrons. The predicted molar refractivity (Wildman–Crippen MR) is 77.6 cm³/mol. The van der Waals surface area contributed by atoms with Crippen LogP contribution in [0.5, 0.6) is 0 Å². The van der Waals surface area contributed by atoms with Crippen LogP contribution in [0.1, 0.15) is 25.7 Å². The first kappa shape index (κ1) is 15.4.